The summed E-state index contributed by atoms with van der Waals surface area (Å²) in [6.45, 7) is 10.6. The third-order valence-electron chi connectivity index (χ3n) is 5.09. The van der Waals surface area contributed by atoms with Crippen molar-refractivity contribution >= 4 is 34.1 Å². The number of Topliss-reactive ketones (excluding diaryl/α,β-unsaturated/α-hetero) is 1. The third kappa shape index (κ3) is 3.03. The van der Waals surface area contributed by atoms with Crippen LogP contribution in [0.2, 0.25) is 0 Å². The van der Waals surface area contributed by atoms with Crippen molar-refractivity contribution in [3.8, 4) is 0 Å². The first-order chi connectivity index (χ1) is 13.5. The second-order valence-corrected chi connectivity index (χ2v) is 7.86. The van der Waals surface area contributed by atoms with Gasteiger partial charge in [-0.1, -0.05) is 36.0 Å². The van der Waals surface area contributed by atoms with Crippen molar-refractivity contribution < 1.29 is 4.79 Å². The van der Waals surface area contributed by atoms with Crippen LogP contribution in [0, 0.1) is 20.8 Å². The van der Waals surface area contributed by atoms with E-state index in [2.05, 4.69) is 40.4 Å². The summed E-state index contributed by atoms with van der Waals surface area (Å²) < 4.78 is 4.13. The summed E-state index contributed by atoms with van der Waals surface area (Å²) >= 11 is 1.43. The summed E-state index contributed by atoms with van der Waals surface area (Å²) in [5.41, 5.74) is 5.84. The van der Waals surface area contributed by atoms with Gasteiger partial charge in [0.15, 0.2) is 16.6 Å². The van der Waals surface area contributed by atoms with Crippen LogP contribution in [0.5, 0.6) is 0 Å². The monoisotopic (exact) mass is 390 g/mol. The molecule has 0 saturated carbocycles. The molecule has 4 aromatic rings. The average molecular weight is 391 g/mol. The van der Waals surface area contributed by atoms with Crippen LogP contribution in [0.15, 0.2) is 54.2 Å². The normalized spacial score (nSPS) is 11.4. The predicted molar refractivity (Wildman–Crippen MR) is 114 cm³/mol. The Morgan fingerprint density at radius 2 is 1.96 bits per heavy atom. The second kappa shape index (κ2) is 7.28. The molecule has 4 rings (SSSR count). The zero-order valence-electron chi connectivity index (χ0n) is 16.3. The molecule has 1 aromatic carbocycles. The number of carbonyl (C=O) groups excluding carboxylic acids is 1. The Morgan fingerprint density at radius 3 is 2.75 bits per heavy atom. The number of benzene rings is 1. The van der Waals surface area contributed by atoms with Crippen molar-refractivity contribution in [1.82, 2.24) is 19.2 Å². The lowest BCUT2D eigenvalue weighted by molar-refractivity contribution is 0.102. The van der Waals surface area contributed by atoms with Gasteiger partial charge in [0.25, 0.3) is 0 Å². The molecule has 0 amide bonds. The van der Waals surface area contributed by atoms with E-state index in [1.807, 2.05) is 48.6 Å². The van der Waals surface area contributed by atoms with E-state index < -0.39 is 0 Å². The van der Waals surface area contributed by atoms with Crippen molar-refractivity contribution in [2.75, 3.05) is 5.75 Å². The van der Waals surface area contributed by atoms with Crippen LogP contribution in [0.1, 0.15) is 27.3 Å². The fourth-order valence-corrected chi connectivity index (χ4v) is 4.50. The summed E-state index contributed by atoms with van der Waals surface area (Å²) in [7, 11) is 0. The second-order valence-electron chi connectivity index (χ2n) is 6.92. The minimum absolute atomic E-state index is 0.0987. The van der Waals surface area contributed by atoms with Crippen LogP contribution in [-0.2, 0) is 6.54 Å². The zero-order valence-corrected chi connectivity index (χ0v) is 17.1. The molecule has 0 aliphatic carbocycles. The number of fused-ring (bicyclic) bond motifs is 3. The minimum Gasteiger partial charge on any atom is -0.345 e. The Labute approximate surface area is 168 Å². The number of nitrogens with zero attached hydrogens (tertiary/aromatic N) is 4. The van der Waals surface area contributed by atoms with Crippen molar-refractivity contribution in [1.29, 1.82) is 0 Å². The molecule has 0 radical (unpaired) electrons. The molecule has 0 fully saturated rings. The van der Waals surface area contributed by atoms with E-state index in [4.69, 9.17) is 0 Å². The molecule has 3 aromatic heterocycles. The van der Waals surface area contributed by atoms with E-state index in [1.54, 1.807) is 0 Å². The summed E-state index contributed by atoms with van der Waals surface area (Å²) in [5, 5.41) is 10.5. The standard InChI is InChI=1S/C22H22N4OS/c1-5-10-25-15(3)12-18(16(25)4)20(27)13-28-22-24-23-21-11-14(2)17-8-6-7-9-19(17)26(21)22/h5-9,11-12H,1,10,13H2,2-4H3. The topological polar surface area (TPSA) is 52.2 Å². The van der Waals surface area contributed by atoms with Crippen LogP contribution in [0.25, 0.3) is 16.6 Å². The molecule has 0 aliphatic rings. The molecule has 0 atom stereocenters. The maximum Gasteiger partial charge on any atom is 0.196 e. The molecular formula is C22H22N4OS. The van der Waals surface area contributed by atoms with Crippen molar-refractivity contribution in [2.24, 2.45) is 0 Å². The highest BCUT2D eigenvalue weighted by Gasteiger charge is 2.18. The lowest BCUT2D eigenvalue weighted by Gasteiger charge is -2.07. The zero-order chi connectivity index (χ0) is 19.8. The fraction of sp³-hybridized carbons (Fsp3) is 0.227. The number of pyridine rings is 1. The Morgan fingerprint density at radius 1 is 1.18 bits per heavy atom. The Kier molecular flexibility index (Phi) is 4.81. The molecule has 5 nitrogen and oxygen atoms in total. The smallest absolute Gasteiger partial charge is 0.196 e. The number of rotatable bonds is 6. The van der Waals surface area contributed by atoms with Gasteiger partial charge in [-0.2, -0.15) is 0 Å². The van der Waals surface area contributed by atoms with Crippen molar-refractivity contribution in [3.63, 3.8) is 0 Å². The highest BCUT2D eigenvalue weighted by Crippen LogP contribution is 2.26. The number of aromatic nitrogens is 4. The molecule has 28 heavy (non-hydrogen) atoms. The van der Waals surface area contributed by atoms with E-state index in [-0.39, 0.29) is 5.78 Å². The van der Waals surface area contributed by atoms with Crippen LogP contribution in [0.3, 0.4) is 0 Å². The molecule has 0 bridgehead atoms. The Hall–Kier alpha value is -2.86. The number of ketones is 1. The lowest BCUT2D eigenvalue weighted by Crippen LogP contribution is -2.06. The van der Waals surface area contributed by atoms with Crippen LogP contribution >= 0.6 is 11.8 Å². The SMILES string of the molecule is C=CCn1c(C)cc(C(=O)CSc2nnc3cc(C)c4ccccc4n23)c1C. The highest BCUT2D eigenvalue weighted by atomic mass is 32.2. The predicted octanol–water partition coefficient (Wildman–Crippen LogP) is 4.77. The van der Waals surface area contributed by atoms with E-state index in [1.165, 1.54) is 11.8 Å². The van der Waals surface area contributed by atoms with E-state index in [0.717, 1.165) is 44.2 Å². The third-order valence-corrected chi connectivity index (χ3v) is 6.02. The number of hydrogen-bond donors (Lipinski definition) is 0. The van der Waals surface area contributed by atoms with Gasteiger partial charge in [0.05, 0.1) is 11.3 Å². The summed E-state index contributed by atoms with van der Waals surface area (Å²) in [4.78, 5) is 12.9. The fourth-order valence-electron chi connectivity index (χ4n) is 3.67. The summed E-state index contributed by atoms with van der Waals surface area (Å²) in [6, 6.07) is 12.2. The van der Waals surface area contributed by atoms with Crippen molar-refractivity contribution in [3.05, 3.63) is 71.6 Å². The Bertz CT molecular complexity index is 1220. The quantitative estimate of drug-likeness (QED) is 0.270. The van der Waals surface area contributed by atoms with Gasteiger partial charge in [-0.25, -0.2) is 0 Å². The van der Waals surface area contributed by atoms with Gasteiger partial charge < -0.3 is 4.57 Å². The maximum atomic E-state index is 12.9. The number of thioether (sulfide) groups is 1. The van der Waals surface area contributed by atoms with E-state index in [9.17, 15) is 4.79 Å². The van der Waals surface area contributed by atoms with E-state index in [0.29, 0.717) is 12.3 Å². The van der Waals surface area contributed by atoms with Gasteiger partial charge in [0, 0.05) is 28.9 Å². The maximum absolute atomic E-state index is 12.9. The summed E-state index contributed by atoms with van der Waals surface area (Å²) in [6.07, 6.45) is 1.85. The Balaban J connectivity index is 1.65. The molecule has 0 N–H and O–H groups in total. The molecule has 0 unspecified atom stereocenters. The molecule has 3 heterocycles. The molecule has 0 spiro atoms. The van der Waals surface area contributed by atoms with Crippen LogP contribution in [-0.4, -0.2) is 30.7 Å². The average Bonchev–Trinajstić information content (AvgIpc) is 3.22. The first-order valence-electron chi connectivity index (χ1n) is 9.18. The first-order valence-corrected chi connectivity index (χ1v) is 10.2. The molecule has 0 saturated heterocycles. The van der Waals surface area contributed by atoms with Gasteiger partial charge in [-0.05, 0) is 44.5 Å². The minimum atomic E-state index is 0.0987. The van der Waals surface area contributed by atoms with E-state index >= 15 is 0 Å². The number of hydrogen-bond acceptors (Lipinski definition) is 4. The molecule has 6 heteroatoms. The van der Waals surface area contributed by atoms with Crippen LogP contribution < -0.4 is 0 Å². The van der Waals surface area contributed by atoms with Gasteiger partial charge in [0.2, 0.25) is 0 Å². The molecular weight excluding hydrogens is 368 g/mol. The lowest BCUT2D eigenvalue weighted by atomic mass is 10.1. The number of aryl methyl sites for hydroxylation is 2. The van der Waals surface area contributed by atoms with Gasteiger partial charge in [0.1, 0.15) is 0 Å². The number of carbonyl (C=O) groups is 1. The van der Waals surface area contributed by atoms with Gasteiger partial charge in [-0.3, -0.25) is 9.20 Å². The summed E-state index contributed by atoms with van der Waals surface area (Å²) in [5.74, 6) is 0.419. The van der Waals surface area contributed by atoms with Crippen molar-refractivity contribution in [2.45, 2.75) is 32.5 Å². The largest absolute Gasteiger partial charge is 0.345 e. The highest BCUT2D eigenvalue weighted by molar-refractivity contribution is 7.99. The number of para-hydroxylation sites is 1. The van der Waals surface area contributed by atoms with Gasteiger partial charge in [-0.15, -0.1) is 16.8 Å². The van der Waals surface area contributed by atoms with Gasteiger partial charge >= 0.3 is 0 Å². The number of allylic oxidation sites excluding steroid dienone is 1. The first kappa shape index (κ1) is 18.5. The molecule has 0 aliphatic heterocycles. The molecule has 142 valence electrons. The van der Waals surface area contributed by atoms with Crippen LogP contribution in [0.4, 0.5) is 0 Å².